The highest BCUT2D eigenvalue weighted by Gasteiger charge is 2.84. The molecule has 116 valence electrons. The van der Waals surface area contributed by atoms with E-state index in [0.29, 0.717) is 21.3 Å². The molecule has 1 unspecified atom stereocenters. The van der Waals surface area contributed by atoms with Crippen LogP contribution in [-0.2, 0) is 13.3 Å². The molecule has 11 heteroatoms. The molecule has 0 fully saturated rings. The summed E-state index contributed by atoms with van der Waals surface area (Å²) in [5.41, 5.74) is -5.53. The highest BCUT2D eigenvalue weighted by Crippen LogP contribution is 2.51. The minimum atomic E-state index is -6.05. The summed E-state index contributed by atoms with van der Waals surface area (Å²) >= 11 is 0. The van der Waals surface area contributed by atoms with Crippen LogP contribution in [0.3, 0.4) is 0 Å². The summed E-state index contributed by atoms with van der Waals surface area (Å²) < 4.78 is 105. The number of halogens is 7. The number of hydrogen-bond donors (Lipinski definition) is 0. The predicted octanol–water partition coefficient (Wildman–Crippen LogP) is 2.67. The lowest BCUT2D eigenvalue weighted by Gasteiger charge is -2.39. The van der Waals surface area contributed by atoms with Crippen molar-refractivity contribution in [2.75, 3.05) is 21.3 Å². The van der Waals surface area contributed by atoms with E-state index < -0.39 is 32.4 Å². The van der Waals surface area contributed by atoms with Crippen molar-refractivity contribution >= 4 is 8.80 Å². The monoisotopic (exact) mass is 318 g/mol. The van der Waals surface area contributed by atoms with Crippen molar-refractivity contribution in [3.8, 4) is 0 Å². The van der Waals surface area contributed by atoms with E-state index >= 15 is 0 Å². The Morgan fingerprint density at radius 3 is 1.37 bits per heavy atom. The van der Waals surface area contributed by atoms with Gasteiger partial charge in [-0.3, -0.25) is 0 Å². The Hall–Kier alpha value is -0.393. The summed E-state index contributed by atoms with van der Waals surface area (Å²) in [4.78, 5) is 0. The van der Waals surface area contributed by atoms with E-state index in [1.54, 1.807) is 0 Å². The van der Waals surface area contributed by atoms with Crippen LogP contribution in [0.5, 0.6) is 0 Å². The molecule has 1 atom stereocenters. The molecule has 0 aromatic heterocycles. The Bertz CT molecular complexity index is 298. The standard InChI is InChI=1S/C8H13F7O3Si/c1-5(9)6(10,11)7(12,13)8(14,15)19(16-2,17-3)18-4/h5H,1-4H3. The van der Waals surface area contributed by atoms with Crippen LogP contribution in [0.2, 0.25) is 0 Å². The van der Waals surface area contributed by atoms with Crippen molar-refractivity contribution in [1.82, 2.24) is 0 Å². The van der Waals surface area contributed by atoms with Gasteiger partial charge < -0.3 is 13.3 Å². The summed E-state index contributed by atoms with van der Waals surface area (Å²) in [5, 5.41) is 0. The Balaban J connectivity index is 5.87. The highest BCUT2D eigenvalue weighted by atomic mass is 28.4. The summed E-state index contributed by atoms with van der Waals surface area (Å²) in [6.45, 7) is 0.0413. The molecule has 0 saturated heterocycles. The van der Waals surface area contributed by atoms with Crippen molar-refractivity contribution in [2.24, 2.45) is 0 Å². The lowest BCUT2D eigenvalue weighted by atomic mass is 10.1. The maximum Gasteiger partial charge on any atom is 0.581 e. The van der Waals surface area contributed by atoms with Gasteiger partial charge in [-0.2, -0.15) is 26.3 Å². The molecule has 0 aromatic rings. The van der Waals surface area contributed by atoms with Crippen LogP contribution in [-0.4, -0.2) is 53.7 Å². The molecule has 0 N–H and O–H groups in total. The molecule has 19 heavy (non-hydrogen) atoms. The van der Waals surface area contributed by atoms with Crippen molar-refractivity contribution in [2.45, 2.75) is 30.5 Å². The maximum absolute atomic E-state index is 13.7. The van der Waals surface area contributed by atoms with Crippen molar-refractivity contribution in [3.63, 3.8) is 0 Å². The SMILES string of the molecule is CO[Si](OC)(OC)C(F)(F)C(F)(F)C(F)(F)C(C)F. The van der Waals surface area contributed by atoms with Gasteiger partial charge in [0.25, 0.3) is 0 Å². The van der Waals surface area contributed by atoms with Crippen LogP contribution in [0.1, 0.15) is 6.92 Å². The van der Waals surface area contributed by atoms with Crippen molar-refractivity contribution in [1.29, 1.82) is 0 Å². The summed E-state index contributed by atoms with van der Waals surface area (Å²) in [6.07, 6.45) is -3.51. The van der Waals surface area contributed by atoms with Crippen molar-refractivity contribution in [3.05, 3.63) is 0 Å². The fourth-order valence-corrected chi connectivity index (χ4v) is 3.11. The van der Waals surface area contributed by atoms with E-state index in [9.17, 15) is 30.7 Å². The molecule has 0 rings (SSSR count). The lowest BCUT2D eigenvalue weighted by molar-refractivity contribution is -0.311. The van der Waals surface area contributed by atoms with E-state index in [0.717, 1.165) is 0 Å². The fraction of sp³-hybridized carbons (Fsp3) is 1.00. The van der Waals surface area contributed by atoms with Gasteiger partial charge in [-0.25, -0.2) is 4.39 Å². The van der Waals surface area contributed by atoms with Gasteiger partial charge in [0.2, 0.25) is 0 Å². The molecule has 0 radical (unpaired) electrons. The third-order valence-electron chi connectivity index (χ3n) is 2.50. The van der Waals surface area contributed by atoms with Gasteiger partial charge >= 0.3 is 26.2 Å². The van der Waals surface area contributed by atoms with Crippen LogP contribution in [0.15, 0.2) is 0 Å². The van der Waals surface area contributed by atoms with E-state index in [1.807, 2.05) is 0 Å². The molecule has 0 aliphatic heterocycles. The molecule has 0 bridgehead atoms. The zero-order valence-corrected chi connectivity index (χ0v) is 11.4. The second-order valence-electron chi connectivity index (χ2n) is 3.56. The number of hydrogen-bond acceptors (Lipinski definition) is 3. The number of rotatable bonds is 7. The first-order valence-corrected chi connectivity index (χ1v) is 6.53. The van der Waals surface area contributed by atoms with Gasteiger partial charge in [0.05, 0.1) is 0 Å². The smallest absolute Gasteiger partial charge is 0.373 e. The Morgan fingerprint density at radius 1 is 0.842 bits per heavy atom. The fourth-order valence-electron chi connectivity index (χ4n) is 1.29. The summed E-state index contributed by atoms with van der Waals surface area (Å²) in [7, 11) is -3.84. The third kappa shape index (κ3) is 2.48. The predicted molar refractivity (Wildman–Crippen MR) is 52.2 cm³/mol. The third-order valence-corrected chi connectivity index (χ3v) is 5.20. The van der Waals surface area contributed by atoms with Gasteiger partial charge in [0.1, 0.15) is 0 Å². The summed E-state index contributed by atoms with van der Waals surface area (Å²) in [6, 6.07) is 0. The van der Waals surface area contributed by atoms with Crippen molar-refractivity contribution < 1.29 is 44.0 Å². The molecule has 0 aromatic carbocycles. The largest absolute Gasteiger partial charge is 0.581 e. The van der Waals surface area contributed by atoms with Crippen LogP contribution in [0.25, 0.3) is 0 Å². The van der Waals surface area contributed by atoms with E-state index in [-0.39, 0.29) is 6.92 Å². The first-order valence-electron chi connectivity index (χ1n) is 4.81. The molecular weight excluding hydrogens is 305 g/mol. The van der Waals surface area contributed by atoms with Gasteiger partial charge in [0, 0.05) is 21.3 Å². The highest BCUT2D eigenvalue weighted by molar-refractivity contribution is 6.63. The zero-order chi connectivity index (χ0) is 15.7. The van der Waals surface area contributed by atoms with Gasteiger partial charge in [-0.15, -0.1) is 0 Å². The molecule has 0 aliphatic rings. The molecule has 0 aliphatic carbocycles. The van der Waals surface area contributed by atoms with Crippen LogP contribution < -0.4 is 0 Å². The molecule has 3 nitrogen and oxygen atoms in total. The minimum absolute atomic E-state index is 0.0413. The molecule has 0 spiro atoms. The van der Waals surface area contributed by atoms with Crippen LogP contribution in [0, 0.1) is 0 Å². The van der Waals surface area contributed by atoms with Gasteiger partial charge in [-0.1, -0.05) is 0 Å². The molecule has 0 saturated carbocycles. The average molecular weight is 318 g/mol. The van der Waals surface area contributed by atoms with Crippen LogP contribution in [0.4, 0.5) is 30.7 Å². The van der Waals surface area contributed by atoms with Gasteiger partial charge in [-0.05, 0) is 6.92 Å². The average Bonchev–Trinajstić information content (AvgIpc) is 2.30. The van der Waals surface area contributed by atoms with E-state index in [4.69, 9.17) is 0 Å². The minimum Gasteiger partial charge on any atom is -0.373 e. The Morgan fingerprint density at radius 2 is 1.16 bits per heavy atom. The number of alkyl halides is 7. The second kappa shape index (κ2) is 5.54. The summed E-state index contributed by atoms with van der Waals surface area (Å²) in [5.74, 6) is -11.7. The Labute approximate surface area is 106 Å². The zero-order valence-electron chi connectivity index (χ0n) is 10.4. The quantitative estimate of drug-likeness (QED) is 0.533. The first kappa shape index (κ1) is 18.6. The van der Waals surface area contributed by atoms with Gasteiger partial charge in [0.15, 0.2) is 6.17 Å². The topological polar surface area (TPSA) is 27.7 Å². The van der Waals surface area contributed by atoms with Crippen LogP contribution >= 0.6 is 0 Å². The Kier molecular flexibility index (Phi) is 5.42. The molecular formula is C8H13F7O3Si. The lowest BCUT2D eigenvalue weighted by Crippen LogP contribution is -2.72. The molecule has 0 heterocycles. The normalized spacial score (nSPS) is 16.6. The van der Waals surface area contributed by atoms with E-state index in [2.05, 4.69) is 13.3 Å². The second-order valence-corrected chi connectivity index (χ2v) is 6.52. The first-order chi connectivity index (χ1) is 8.38. The molecule has 0 amide bonds. The maximum atomic E-state index is 13.7. The van der Waals surface area contributed by atoms with E-state index in [1.165, 1.54) is 0 Å².